The van der Waals surface area contributed by atoms with E-state index in [1.807, 2.05) is 12.1 Å². The fourth-order valence-corrected chi connectivity index (χ4v) is 1.86. The summed E-state index contributed by atoms with van der Waals surface area (Å²) in [6.45, 7) is 4.18. The summed E-state index contributed by atoms with van der Waals surface area (Å²) in [6, 6.07) is 11.8. The van der Waals surface area contributed by atoms with Crippen LogP contribution in [0.5, 0.6) is 5.75 Å². The third kappa shape index (κ3) is 2.18. The minimum Gasteiger partial charge on any atom is -0.489 e. The molecule has 2 aromatic carbocycles. The van der Waals surface area contributed by atoms with Gasteiger partial charge in [-0.15, -0.1) is 0 Å². The highest BCUT2D eigenvalue weighted by atomic mass is 16.5. The SMILES string of the molecule is COc1cc(-c2ccc(C)c(C)c2)ccc1[N+]#N. The standard InChI is InChI=1S/C15H15N2O/c1-10-4-5-12(8-11(10)2)13-6-7-14(17-16)15(9-13)18-3/h4-9H,1-3H3/q+1. The van der Waals surface area contributed by atoms with Crippen LogP contribution >= 0.6 is 0 Å². The molecule has 0 heterocycles. The molecular formula is C15H15N2O+. The lowest BCUT2D eigenvalue weighted by Gasteiger charge is -2.06. The third-order valence-electron chi connectivity index (χ3n) is 3.13. The Balaban J connectivity index is 2.51. The van der Waals surface area contributed by atoms with Gasteiger partial charge in [-0.25, -0.2) is 0 Å². The molecule has 18 heavy (non-hydrogen) atoms. The van der Waals surface area contributed by atoms with Crippen molar-refractivity contribution in [3.63, 3.8) is 0 Å². The second-order valence-electron chi connectivity index (χ2n) is 4.29. The first-order chi connectivity index (χ1) is 8.65. The first kappa shape index (κ1) is 12.1. The van der Waals surface area contributed by atoms with E-state index in [1.165, 1.54) is 11.1 Å². The Kier molecular flexibility index (Phi) is 3.29. The molecule has 3 nitrogen and oxygen atoms in total. The smallest absolute Gasteiger partial charge is 0.426 e. The predicted molar refractivity (Wildman–Crippen MR) is 72.6 cm³/mol. The molecule has 0 fully saturated rings. The Morgan fingerprint density at radius 2 is 1.61 bits per heavy atom. The summed E-state index contributed by atoms with van der Waals surface area (Å²) in [4.78, 5) is 3.18. The number of benzene rings is 2. The summed E-state index contributed by atoms with van der Waals surface area (Å²) in [5, 5.41) is 8.84. The minimum atomic E-state index is 0.435. The molecular weight excluding hydrogens is 224 g/mol. The highest BCUT2D eigenvalue weighted by Gasteiger charge is 2.15. The molecule has 0 aliphatic rings. The van der Waals surface area contributed by atoms with Gasteiger partial charge in [-0.1, -0.05) is 18.2 Å². The van der Waals surface area contributed by atoms with Gasteiger partial charge in [0, 0.05) is 6.07 Å². The Hall–Kier alpha value is -2.34. The number of diazo groups is 1. The molecule has 3 heteroatoms. The normalized spacial score (nSPS) is 9.89. The summed E-state index contributed by atoms with van der Waals surface area (Å²) in [5.74, 6) is 0.563. The molecule has 0 aliphatic carbocycles. The van der Waals surface area contributed by atoms with E-state index < -0.39 is 0 Å². The van der Waals surface area contributed by atoms with Gasteiger partial charge in [-0.05, 0) is 48.2 Å². The van der Waals surface area contributed by atoms with Crippen molar-refractivity contribution in [1.29, 1.82) is 5.39 Å². The van der Waals surface area contributed by atoms with Gasteiger partial charge in [0.05, 0.1) is 7.11 Å². The fourth-order valence-electron chi connectivity index (χ4n) is 1.86. The van der Waals surface area contributed by atoms with Crippen molar-refractivity contribution in [2.24, 2.45) is 0 Å². The van der Waals surface area contributed by atoms with E-state index >= 15 is 0 Å². The summed E-state index contributed by atoms with van der Waals surface area (Å²) >= 11 is 0. The lowest BCUT2D eigenvalue weighted by Crippen LogP contribution is -1.86. The van der Waals surface area contributed by atoms with Crippen molar-refractivity contribution in [3.8, 4) is 16.9 Å². The topological polar surface area (TPSA) is 37.4 Å². The number of ether oxygens (including phenoxy) is 1. The quantitative estimate of drug-likeness (QED) is 0.725. The first-order valence-electron chi connectivity index (χ1n) is 5.76. The van der Waals surface area contributed by atoms with Gasteiger partial charge in [0.2, 0.25) is 11.1 Å². The largest absolute Gasteiger partial charge is 0.489 e. The van der Waals surface area contributed by atoms with Crippen LogP contribution < -0.4 is 4.74 Å². The zero-order valence-electron chi connectivity index (χ0n) is 10.8. The van der Waals surface area contributed by atoms with Crippen LogP contribution in [-0.4, -0.2) is 7.11 Å². The molecule has 0 atom stereocenters. The highest BCUT2D eigenvalue weighted by Crippen LogP contribution is 2.33. The fraction of sp³-hybridized carbons (Fsp3) is 0.200. The van der Waals surface area contributed by atoms with Crippen molar-refractivity contribution in [1.82, 2.24) is 0 Å². The molecule has 90 valence electrons. The predicted octanol–water partition coefficient (Wildman–Crippen LogP) is 4.46. The van der Waals surface area contributed by atoms with E-state index in [1.54, 1.807) is 13.2 Å². The number of methoxy groups -OCH3 is 1. The van der Waals surface area contributed by atoms with Crippen LogP contribution in [-0.2, 0) is 0 Å². The second-order valence-corrected chi connectivity index (χ2v) is 4.29. The van der Waals surface area contributed by atoms with Crippen molar-refractivity contribution in [2.75, 3.05) is 7.11 Å². The average molecular weight is 239 g/mol. The van der Waals surface area contributed by atoms with Crippen LogP contribution in [0.1, 0.15) is 11.1 Å². The van der Waals surface area contributed by atoms with Gasteiger partial charge < -0.3 is 4.74 Å². The Bertz CT molecular complexity index is 627. The summed E-state index contributed by atoms with van der Waals surface area (Å²) in [6.07, 6.45) is 0. The molecule has 0 N–H and O–H groups in total. The van der Waals surface area contributed by atoms with Gasteiger partial charge in [0.1, 0.15) is 0 Å². The van der Waals surface area contributed by atoms with E-state index in [-0.39, 0.29) is 0 Å². The van der Waals surface area contributed by atoms with Crippen LogP contribution in [0.2, 0.25) is 0 Å². The third-order valence-corrected chi connectivity index (χ3v) is 3.13. The van der Waals surface area contributed by atoms with Crippen LogP contribution in [0.4, 0.5) is 5.69 Å². The Morgan fingerprint density at radius 1 is 0.944 bits per heavy atom. The molecule has 2 rings (SSSR count). The zero-order chi connectivity index (χ0) is 13.1. The average Bonchev–Trinajstić information content (AvgIpc) is 2.41. The monoisotopic (exact) mass is 239 g/mol. The molecule has 0 bridgehead atoms. The van der Waals surface area contributed by atoms with Crippen molar-refractivity contribution < 1.29 is 4.74 Å². The minimum absolute atomic E-state index is 0.435. The van der Waals surface area contributed by atoms with Crippen molar-refractivity contribution >= 4 is 5.69 Å². The molecule has 0 aromatic heterocycles. The number of hydrogen-bond acceptors (Lipinski definition) is 2. The molecule has 0 radical (unpaired) electrons. The maximum absolute atomic E-state index is 8.84. The van der Waals surface area contributed by atoms with Crippen LogP contribution in [0.25, 0.3) is 16.1 Å². The first-order valence-corrected chi connectivity index (χ1v) is 5.76. The van der Waals surface area contributed by atoms with E-state index in [4.69, 9.17) is 10.1 Å². The van der Waals surface area contributed by atoms with E-state index in [2.05, 4.69) is 37.0 Å². The second kappa shape index (κ2) is 4.89. The summed E-state index contributed by atoms with van der Waals surface area (Å²) in [5.41, 5.74) is 5.13. The Morgan fingerprint density at radius 3 is 2.22 bits per heavy atom. The summed E-state index contributed by atoms with van der Waals surface area (Å²) < 4.78 is 5.20. The maximum atomic E-state index is 8.84. The lowest BCUT2D eigenvalue weighted by atomic mass is 10.00. The number of rotatable bonds is 2. The van der Waals surface area contributed by atoms with E-state index in [9.17, 15) is 0 Å². The van der Waals surface area contributed by atoms with E-state index in [0.717, 1.165) is 11.1 Å². The van der Waals surface area contributed by atoms with Gasteiger partial charge in [-0.2, -0.15) is 0 Å². The zero-order valence-corrected chi connectivity index (χ0v) is 10.8. The van der Waals surface area contributed by atoms with Gasteiger partial charge in [0.15, 0.2) is 4.98 Å². The van der Waals surface area contributed by atoms with Crippen molar-refractivity contribution in [3.05, 3.63) is 52.5 Å². The Labute approximate surface area is 107 Å². The van der Waals surface area contributed by atoms with Gasteiger partial charge in [-0.3, -0.25) is 0 Å². The highest BCUT2D eigenvalue weighted by molar-refractivity contribution is 5.71. The molecule has 0 saturated heterocycles. The van der Waals surface area contributed by atoms with Crippen LogP contribution in [0.15, 0.2) is 36.4 Å². The van der Waals surface area contributed by atoms with Crippen molar-refractivity contribution in [2.45, 2.75) is 13.8 Å². The van der Waals surface area contributed by atoms with Gasteiger partial charge >= 0.3 is 5.69 Å². The molecule has 0 spiro atoms. The molecule has 2 aromatic rings. The number of nitrogens with zero attached hydrogens (tertiary/aromatic N) is 2. The van der Waals surface area contributed by atoms with Crippen LogP contribution in [0, 0.1) is 19.2 Å². The van der Waals surface area contributed by atoms with E-state index in [0.29, 0.717) is 11.4 Å². The van der Waals surface area contributed by atoms with Gasteiger partial charge in [0.25, 0.3) is 0 Å². The molecule has 0 aliphatic heterocycles. The number of hydrogen-bond donors (Lipinski definition) is 0. The number of aryl methyl sites for hydroxylation is 2. The lowest BCUT2D eigenvalue weighted by molar-refractivity contribution is 0.417. The van der Waals surface area contributed by atoms with Crippen LogP contribution in [0.3, 0.4) is 0 Å². The molecule has 0 unspecified atom stereocenters. The molecule has 0 saturated carbocycles. The molecule has 0 amide bonds. The summed E-state index contributed by atoms with van der Waals surface area (Å²) in [7, 11) is 1.56. The maximum Gasteiger partial charge on any atom is 0.426 e.